The molecule has 0 heterocycles. The molecule has 0 aromatic heterocycles. The highest BCUT2D eigenvalue weighted by molar-refractivity contribution is 14.1. The van der Waals surface area contributed by atoms with Gasteiger partial charge in [-0.1, -0.05) is 28.6 Å². The maximum absolute atomic E-state index is 11.8. The molecule has 2 aromatic rings. The molecule has 0 bridgehead atoms. The zero-order chi connectivity index (χ0) is 12.3. The second-order valence-corrected chi connectivity index (χ2v) is 4.93. The molecule has 0 aliphatic rings. The van der Waals surface area contributed by atoms with Crippen molar-refractivity contribution >= 4 is 34.0 Å². The van der Waals surface area contributed by atoms with Crippen LogP contribution in [0.1, 0.15) is 5.56 Å². The molecule has 0 atom stereocenters. The third-order valence-corrected chi connectivity index (χ3v) is 2.94. The van der Waals surface area contributed by atoms with E-state index in [-0.39, 0.29) is 0 Å². The highest BCUT2D eigenvalue weighted by Gasteiger charge is 2.03. The van der Waals surface area contributed by atoms with Crippen molar-refractivity contribution in [2.45, 2.75) is 6.92 Å². The van der Waals surface area contributed by atoms with Gasteiger partial charge < -0.3 is 5.21 Å². The van der Waals surface area contributed by atoms with Gasteiger partial charge in [0, 0.05) is 20.8 Å². The first kappa shape index (κ1) is 12.0. The van der Waals surface area contributed by atoms with Crippen molar-refractivity contribution in [1.29, 1.82) is 0 Å². The van der Waals surface area contributed by atoms with Gasteiger partial charge in [-0.3, -0.25) is 0 Å². The molecule has 0 unspecified atom stereocenters. The van der Waals surface area contributed by atoms with Crippen molar-refractivity contribution in [2.75, 3.05) is 0 Å². The fourth-order valence-corrected chi connectivity index (χ4v) is 1.90. The van der Waals surface area contributed by atoms with Crippen LogP contribution >= 0.6 is 22.6 Å². The van der Waals surface area contributed by atoms with Crippen molar-refractivity contribution in [3.8, 4) is 0 Å². The van der Waals surface area contributed by atoms with Gasteiger partial charge in [-0.05, 0) is 47.7 Å². The summed E-state index contributed by atoms with van der Waals surface area (Å²) >= 11 is 2.19. The first-order valence-corrected chi connectivity index (χ1v) is 6.24. The first-order valence-electron chi connectivity index (χ1n) is 5.16. The Bertz CT molecular complexity index is 550. The summed E-state index contributed by atoms with van der Waals surface area (Å²) in [5.74, 6) is 0. The van der Waals surface area contributed by atoms with Gasteiger partial charge in [0.25, 0.3) is 0 Å². The van der Waals surface area contributed by atoms with Gasteiger partial charge in [0.1, 0.15) is 5.69 Å². The molecule has 2 rings (SSSR count). The molecular formula is C13H11IN2O. The fourth-order valence-electron chi connectivity index (χ4n) is 1.37. The Morgan fingerprint density at radius 1 is 1.12 bits per heavy atom. The first-order chi connectivity index (χ1) is 8.15. The van der Waals surface area contributed by atoms with E-state index in [1.54, 1.807) is 18.2 Å². The van der Waals surface area contributed by atoms with E-state index in [2.05, 4.69) is 27.7 Å². The predicted octanol–water partition coefficient (Wildman–Crippen LogP) is 4.53. The van der Waals surface area contributed by atoms with E-state index in [4.69, 9.17) is 0 Å². The number of rotatable bonds is 2. The lowest BCUT2D eigenvalue weighted by molar-refractivity contribution is -0.435. The Morgan fingerprint density at radius 3 is 2.47 bits per heavy atom. The summed E-state index contributed by atoms with van der Waals surface area (Å²) in [7, 11) is 0. The molecule has 0 fully saturated rings. The Labute approximate surface area is 114 Å². The molecule has 17 heavy (non-hydrogen) atoms. The van der Waals surface area contributed by atoms with Gasteiger partial charge in [0.05, 0.1) is 0 Å². The Morgan fingerprint density at radius 2 is 1.82 bits per heavy atom. The topological polar surface area (TPSA) is 38.4 Å². The Hall–Kier alpha value is -1.43. The normalized spacial score (nSPS) is 11.5. The minimum atomic E-state index is 0.537. The summed E-state index contributed by atoms with van der Waals surface area (Å²) in [6, 6.07) is 14.8. The number of hydrogen-bond acceptors (Lipinski definition) is 2. The lowest BCUT2D eigenvalue weighted by Gasteiger charge is -2.00. The van der Waals surface area contributed by atoms with Crippen LogP contribution in [-0.4, -0.2) is 4.86 Å². The van der Waals surface area contributed by atoms with Gasteiger partial charge in [-0.2, -0.15) is 0 Å². The maximum atomic E-state index is 11.8. The van der Waals surface area contributed by atoms with Crippen molar-refractivity contribution in [1.82, 2.24) is 0 Å². The van der Waals surface area contributed by atoms with E-state index in [1.807, 2.05) is 37.3 Å². The van der Waals surface area contributed by atoms with Crippen LogP contribution in [0.2, 0.25) is 0 Å². The molecule has 0 aliphatic heterocycles. The predicted molar refractivity (Wildman–Crippen MR) is 75.7 cm³/mol. The number of aryl methyl sites for hydroxylation is 1. The van der Waals surface area contributed by atoms with E-state index in [0.717, 1.165) is 9.13 Å². The van der Waals surface area contributed by atoms with Crippen LogP contribution in [0.5, 0.6) is 0 Å². The third kappa shape index (κ3) is 3.26. The van der Waals surface area contributed by atoms with Crippen LogP contribution in [0.25, 0.3) is 0 Å². The highest BCUT2D eigenvalue weighted by atomic mass is 127. The summed E-state index contributed by atoms with van der Waals surface area (Å²) in [6.07, 6.45) is 0. The standard InChI is InChI=1S/C13H11IN2O/c1-10-5-7-13(8-6-10)16(17)15-12-4-2-3-11(14)9-12/h2-9H,1H3. The van der Waals surface area contributed by atoms with Crippen molar-refractivity contribution in [3.05, 3.63) is 62.9 Å². The molecule has 4 heteroatoms. The van der Waals surface area contributed by atoms with Crippen LogP contribution in [0.15, 0.2) is 53.6 Å². The van der Waals surface area contributed by atoms with Crippen LogP contribution in [0.3, 0.4) is 0 Å². The third-order valence-electron chi connectivity index (χ3n) is 2.27. The van der Waals surface area contributed by atoms with Gasteiger partial charge in [0.15, 0.2) is 0 Å². The van der Waals surface area contributed by atoms with Crippen molar-refractivity contribution in [2.24, 2.45) is 5.11 Å². The van der Waals surface area contributed by atoms with Gasteiger partial charge in [-0.15, -0.1) is 0 Å². The molecule has 0 radical (unpaired) electrons. The monoisotopic (exact) mass is 338 g/mol. The largest absolute Gasteiger partial charge is 0.594 e. The molecular weight excluding hydrogens is 327 g/mol. The summed E-state index contributed by atoms with van der Waals surface area (Å²) in [6.45, 7) is 1.98. The van der Waals surface area contributed by atoms with Gasteiger partial charge >= 0.3 is 0 Å². The minimum Gasteiger partial charge on any atom is -0.594 e. The Balaban J connectivity index is 2.30. The molecule has 86 valence electrons. The Kier molecular flexibility index (Phi) is 3.73. The molecule has 0 saturated carbocycles. The summed E-state index contributed by atoms with van der Waals surface area (Å²) < 4.78 is 1.06. The summed E-state index contributed by atoms with van der Waals surface area (Å²) in [5, 5.41) is 15.8. The van der Waals surface area contributed by atoms with Crippen molar-refractivity contribution in [3.63, 3.8) is 0 Å². The van der Waals surface area contributed by atoms with Crippen LogP contribution < -0.4 is 0 Å². The summed E-state index contributed by atoms with van der Waals surface area (Å²) in [5.41, 5.74) is 2.32. The number of azo groups is 1. The van der Waals surface area contributed by atoms with E-state index in [0.29, 0.717) is 16.2 Å². The SMILES string of the molecule is Cc1ccc([N+]([O-])=Nc2cccc(I)c2)cc1. The van der Waals surface area contributed by atoms with Crippen LogP contribution in [-0.2, 0) is 0 Å². The second kappa shape index (κ2) is 5.27. The smallest absolute Gasteiger partial charge is 0.244 e. The number of benzene rings is 2. The second-order valence-electron chi connectivity index (χ2n) is 3.69. The molecule has 2 aromatic carbocycles. The average Bonchev–Trinajstić information content (AvgIpc) is 2.29. The van der Waals surface area contributed by atoms with Gasteiger partial charge in [-0.25, -0.2) is 0 Å². The number of halogens is 1. The lowest BCUT2D eigenvalue weighted by Crippen LogP contribution is -1.90. The average molecular weight is 338 g/mol. The number of hydrogen-bond donors (Lipinski definition) is 0. The van der Waals surface area contributed by atoms with E-state index in [1.165, 1.54) is 0 Å². The fraction of sp³-hybridized carbons (Fsp3) is 0.0769. The quantitative estimate of drug-likeness (QED) is 0.343. The zero-order valence-corrected chi connectivity index (χ0v) is 11.5. The van der Waals surface area contributed by atoms with E-state index >= 15 is 0 Å². The highest BCUT2D eigenvalue weighted by Crippen LogP contribution is 2.19. The minimum absolute atomic E-state index is 0.537. The van der Waals surface area contributed by atoms with Crippen LogP contribution in [0.4, 0.5) is 11.4 Å². The number of nitrogens with zero attached hydrogens (tertiary/aromatic N) is 2. The summed E-state index contributed by atoms with van der Waals surface area (Å²) in [4.78, 5) is 0.644. The lowest BCUT2D eigenvalue weighted by atomic mass is 10.2. The molecule has 0 spiro atoms. The van der Waals surface area contributed by atoms with Gasteiger partial charge in [0.2, 0.25) is 5.69 Å². The van der Waals surface area contributed by atoms with Crippen LogP contribution in [0, 0.1) is 15.7 Å². The zero-order valence-electron chi connectivity index (χ0n) is 9.30. The van der Waals surface area contributed by atoms with E-state index < -0.39 is 0 Å². The molecule has 3 nitrogen and oxygen atoms in total. The molecule has 0 saturated heterocycles. The van der Waals surface area contributed by atoms with Crippen molar-refractivity contribution < 1.29 is 4.86 Å². The maximum Gasteiger partial charge on any atom is 0.244 e. The molecule has 0 aliphatic carbocycles. The molecule has 0 N–H and O–H groups in total. The molecule has 0 amide bonds. The van der Waals surface area contributed by atoms with E-state index in [9.17, 15) is 5.21 Å².